The monoisotopic (exact) mass is 685 g/mol. The van der Waals surface area contributed by atoms with Gasteiger partial charge < -0.3 is 24.8 Å². The average Bonchev–Trinajstić information content (AvgIpc) is 3.41. The van der Waals surface area contributed by atoms with Gasteiger partial charge in [0.1, 0.15) is 0 Å². The zero-order valence-electron chi connectivity index (χ0n) is 20.4. The molecule has 6 rings (SSSR count). The van der Waals surface area contributed by atoms with Gasteiger partial charge in [0.2, 0.25) is 0 Å². The normalized spacial score (nSPS) is 9.61. The number of rotatable bonds is 2. The van der Waals surface area contributed by atoms with E-state index in [0.717, 1.165) is 0 Å². The maximum atomic E-state index is 2.26. The summed E-state index contributed by atoms with van der Waals surface area (Å²) >= 11 is 0. The third kappa shape index (κ3) is 7.26. The van der Waals surface area contributed by atoms with Crippen LogP contribution < -0.4 is 24.8 Å². The van der Waals surface area contributed by atoms with Crippen LogP contribution in [0.1, 0.15) is 11.1 Å². The second-order valence-corrected chi connectivity index (χ2v) is 8.41. The predicted octanol–water partition coefficient (Wildman–Crippen LogP) is 2.69. The van der Waals surface area contributed by atoms with E-state index in [4.69, 9.17) is 0 Å². The average molecular weight is 688 g/mol. The Morgan fingerprint density at radius 2 is 0.833 bits per heavy atom. The van der Waals surface area contributed by atoms with Gasteiger partial charge in [0.25, 0.3) is 0 Å². The Labute approximate surface area is 264 Å². The molecule has 0 amide bonds. The number of aryl methyl sites for hydroxylation is 2. The second kappa shape index (κ2) is 15.0. The third-order valence-electron chi connectivity index (χ3n) is 5.96. The Morgan fingerprint density at radius 3 is 1.19 bits per heavy atom. The quantitative estimate of drug-likeness (QED) is 0.246. The van der Waals surface area contributed by atoms with Gasteiger partial charge in [-0.3, -0.25) is 0 Å². The van der Waals surface area contributed by atoms with Crippen molar-refractivity contribution >= 4 is 47.4 Å². The molecule has 0 aliphatic rings. The molecule has 0 unspecified atom stereocenters. The Kier molecular flexibility index (Phi) is 13.5. The standard InChI is InChI=1S/2C16H13.2ClH.In.Zr/c2*1-12-10-14-8-5-9-15(16(14)11-12)13-6-3-2-4-7-13;;;;/h2*2-11H,1H3;2*1H;;/q2*-1;;;+3;+4/p-2. The summed E-state index contributed by atoms with van der Waals surface area (Å²) in [7, 11) is 0. The van der Waals surface area contributed by atoms with Gasteiger partial charge in [-0.2, -0.15) is 12.1 Å². The van der Waals surface area contributed by atoms with Crippen molar-refractivity contribution in [2.75, 3.05) is 0 Å². The first-order valence-corrected chi connectivity index (χ1v) is 11.1. The van der Waals surface area contributed by atoms with Crippen LogP contribution in [0.25, 0.3) is 43.8 Å². The molecular weight excluding hydrogens is 661 g/mol. The van der Waals surface area contributed by atoms with Gasteiger partial charge in [-0.05, 0) is 11.1 Å². The van der Waals surface area contributed by atoms with Crippen molar-refractivity contribution in [1.82, 2.24) is 0 Å². The summed E-state index contributed by atoms with van der Waals surface area (Å²) in [5.41, 5.74) is 7.89. The van der Waals surface area contributed by atoms with E-state index in [1.54, 1.807) is 0 Å². The minimum absolute atomic E-state index is 0. The number of benzene rings is 4. The molecule has 0 bridgehead atoms. The van der Waals surface area contributed by atoms with Gasteiger partial charge in [0.15, 0.2) is 0 Å². The van der Waals surface area contributed by atoms with Crippen LogP contribution in [-0.4, -0.2) is 25.8 Å². The van der Waals surface area contributed by atoms with Crippen LogP contribution in [0, 0.1) is 13.8 Å². The molecule has 0 radical (unpaired) electrons. The van der Waals surface area contributed by atoms with E-state index in [1.165, 1.54) is 54.9 Å². The van der Waals surface area contributed by atoms with Crippen molar-refractivity contribution in [3.8, 4) is 22.3 Å². The molecule has 0 heterocycles. The Morgan fingerprint density at radius 1 is 0.472 bits per heavy atom. The molecular formula is C32H26Cl2InZr+3. The first-order valence-electron chi connectivity index (χ1n) is 11.1. The molecule has 0 fully saturated rings. The van der Waals surface area contributed by atoms with Crippen molar-refractivity contribution in [3.05, 3.63) is 132 Å². The fourth-order valence-corrected chi connectivity index (χ4v) is 4.51. The summed E-state index contributed by atoms with van der Waals surface area (Å²) in [6, 6.07) is 43.1. The number of halogens is 2. The molecule has 0 saturated carbocycles. The van der Waals surface area contributed by atoms with Crippen LogP contribution in [0.3, 0.4) is 0 Å². The molecule has 4 heteroatoms. The van der Waals surface area contributed by atoms with Gasteiger partial charge in [-0.25, -0.2) is 0 Å². The molecule has 0 aliphatic heterocycles. The largest absolute Gasteiger partial charge is 4.00 e. The minimum atomic E-state index is 0. The van der Waals surface area contributed by atoms with Crippen LogP contribution in [0.15, 0.2) is 121 Å². The van der Waals surface area contributed by atoms with Crippen LogP contribution in [0.4, 0.5) is 0 Å². The van der Waals surface area contributed by atoms with E-state index in [-0.39, 0.29) is 76.9 Å². The van der Waals surface area contributed by atoms with E-state index in [2.05, 4.69) is 135 Å². The maximum absolute atomic E-state index is 2.26. The summed E-state index contributed by atoms with van der Waals surface area (Å²) < 4.78 is 0. The molecule has 6 aromatic rings. The van der Waals surface area contributed by atoms with Gasteiger partial charge >= 0.3 is 52.0 Å². The first kappa shape index (κ1) is 32.5. The summed E-state index contributed by atoms with van der Waals surface area (Å²) in [5.74, 6) is 0. The van der Waals surface area contributed by atoms with E-state index in [0.29, 0.717) is 0 Å². The first-order chi connectivity index (χ1) is 15.7. The summed E-state index contributed by atoms with van der Waals surface area (Å²) in [6.07, 6.45) is 0. The Bertz CT molecular complexity index is 1370. The summed E-state index contributed by atoms with van der Waals surface area (Å²) in [6.45, 7) is 4.30. The van der Waals surface area contributed by atoms with E-state index in [9.17, 15) is 0 Å². The zero-order chi connectivity index (χ0) is 21.9. The van der Waals surface area contributed by atoms with Crippen molar-refractivity contribution < 1.29 is 51.0 Å². The van der Waals surface area contributed by atoms with Crippen molar-refractivity contribution in [2.24, 2.45) is 0 Å². The van der Waals surface area contributed by atoms with Crippen LogP contribution >= 0.6 is 0 Å². The number of hydrogen-bond acceptors (Lipinski definition) is 0. The molecule has 0 aromatic heterocycles. The summed E-state index contributed by atoms with van der Waals surface area (Å²) in [4.78, 5) is 0. The molecule has 0 spiro atoms. The maximum Gasteiger partial charge on any atom is 4.00 e. The molecule has 172 valence electrons. The van der Waals surface area contributed by atoms with Gasteiger partial charge in [-0.15, -0.1) is 69.1 Å². The van der Waals surface area contributed by atoms with Crippen molar-refractivity contribution in [3.63, 3.8) is 0 Å². The van der Waals surface area contributed by atoms with E-state index >= 15 is 0 Å². The third-order valence-corrected chi connectivity index (χ3v) is 5.96. The molecule has 0 saturated heterocycles. The molecule has 0 N–H and O–H groups in total. The fraction of sp³-hybridized carbons (Fsp3) is 0.0625. The number of fused-ring (bicyclic) bond motifs is 2. The topological polar surface area (TPSA) is 0 Å². The Balaban J connectivity index is 0.000000324. The minimum Gasteiger partial charge on any atom is -1.00 e. The van der Waals surface area contributed by atoms with Gasteiger partial charge in [0.05, 0.1) is 0 Å². The molecule has 0 aliphatic carbocycles. The number of hydrogen-bond donors (Lipinski definition) is 0. The predicted molar refractivity (Wildman–Crippen MR) is 145 cm³/mol. The summed E-state index contributed by atoms with van der Waals surface area (Å²) in [5, 5.41) is 5.37. The second-order valence-electron chi connectivity index (χ2n) is 8.41. The zero-order valence-corrected chi connectivity index (χ0v) is 27.6. The van der Waals surface area contributed by atoms with Crippen LogP contribution in [0.2, 0.25) is 0 Å². The molecule has 6 aromatic carbocycles. The molecule has 36 heavy (non-hydrogen) atoms. The van der Waals surface area contributed by atoms with Gasteiger partial charge in [-0.1, -0.05) is 97.8 Å². The van der Waals surface area contributed by atoms with Crippen molar-refractivity contribution in [1.29, 1.82) is 0 Å². The smallest absolute Gasteiger partial charge is 1.00 e. The van der Waals surface area contributed by atoms with Gasteiger partial charge in [0, 0.05) is 0 Å². The fourth-order valence-electron chi connectivity index (χ4n) is 4.51. The SMILES string of the molecule is Cc1cc2c(-c3ccccc3)cccc2[cH-]1.Cc1cc2c(-c3ccccc3)cccc2[cH-]1.[Cl-].[Cl-].[In+3].[Zr+4]. The van der Waals surface area contributed by atoms with Crippen LogP contribution in [0.5, 0.6) is 0 Å². The Hall–Kier alpha value is -1.57. The van der Waals surface area contributed by atoms with E-state index < -0.39 is 0 Å². The molecule has 0 nitrogen and oxygen atoms in total. The van der Waals surface area contributed by atoms with Crippen LogP contribution in [-0.2, 0) is 26.2 Å². The van der Waals surface area contributed by atoms with Crippen molar-refractivity contribution in [2.45, 2.75) is 13.8 Å². The van der Waals surface area contributed by atoms with E-state index in [1.807, 2.05) is 0 Å². The molecule has 0 atom stereocenters.